The first-order valence-corrected chi connectivity index (χ1v) is 11.2. The molecule has 1 heterocycles. The predicted octanol–water partition coefficient (Wildman–Crippen LogP) is 4.43. The third-order valence-corrected chi connectivity index (χ3v) is 6.53. The number of hydrogen-bond acceptors (Lipinski definition) is 3. The summed E-state index contributed by atoms with van der Waals surface area (Å²) in [5.41, 5.74) is 1.19. The molecule has 1 unspecified atom stereocenters. The second kappa shape index (κ2) is 9.79. The molecule has 1 N–H and O–H groups in total. The van der Waals surface area contributed by atoms with Crippen LogP contribution in [0.1, 0.15) is 36.0 Å². The second-order valence-electron chi connectivity index (χ2n) is 8.32. The fourth-order valence-electron chi connectivity index (χ4n) is 4.71. The topological polar surface area (TPSA) is 52.7 Å². The summed E-state index contributed by atoms with van der Waals surface area (Å²) in [7, 11) is 0. The molecular weight excluding hydrogens is 417 g/mol. The van der Waals surface area contributed by atoms with E-state index in [9.17, 15) is 14.0 Å². The predicted molar refractivity (Wildman–Crippen MR) is 120 cm³/mol. The Balaban J connectivity index is 1.43. The number of nitrogens with zero attached hydrogens (tertiary/aromatic N) is 2. The highest BCUT2D eigenvalue weighted by molar-refractivity contribution is 6.30. The van der Waals surface area contributed by atoms with Crippen molar-refractivity contribution in [1.82, 2.24) is 9.80 Å². The number of carbonyl (C=O) groups is 2. The molecule has 7 heteroatoms. The lowest BCUT2D eigenvalue weighted by molar-refractivity contribution is -0.123. The third-order valence-electron chi connectivity index (χ3n) is 6.29. The van der Waals surface area contributed by atoms with Gasteiger partial charge < -0.3 is 10.2 Å². The van der Waals surface area contributed by atoms with E-state index in [4.69, 9.17) is 11.6 Å². The van der Waals surface area contributed by atoms with Crippen LogP contribution in [0.15, 0.2) is 48.5 Å². The molecule has 0 spiro atoms. The van der Waals surface area contributed by atoms with Gasteiger partial charge in [0.1, 0.15) is 5.82 Å². The molecule has 1 aliphatic heterocycles. The number of carbonyl (C=O) groups excluding carboxylic acids is 2. The van der Waals surface area contributed by atoms with Crippen LogP contribution in [0.2, 0.25) is 5.02 Å². The smallest absolute Gasteiger partial charge is 0.253 e. The van der Waals surface area contributed by atoms with Gasteiger partial charge in [0.15, 0.2) is 0 Å². The summed E-state index contributed by atoms with van der Waals surface area (Å²) in [4.78, 5) is 30.0. The Morgan fingerprint density at radius 2 is 1.68 bits per heavy atom. The van der Waals surface area contributed by atoms with Gasteiger partial charge in [-0.05, 0) is 61.2 Å². The van der Waals surface area contributed by atoms with Crippen LogP contribution in [0.5, 0.6) is 0 Å². The molecular formula is C24H27ClFN3O2. The summed E-state index contributed by atoms with van der Waals surface area (Å²) in [6.45, 7) is 2.36. The molecule has 1 saturated carbocycles. The second-order valence-corrected chi connectivity index (χ2v) is 8.76. The van der Waals surface area contributed by atoms with E-state index in [1.54, 1.807) is 17.0 Å². The molecule has 5 nitrogen and oxygen atoms in total. The van der Waals surface area contributed by atoms with E-state index in [0.717, 1.165) is 25.7 Å². The zero-order chi connectivity index (χ0) is 21.8. The molecule has 2 fully saturated rings. The monoisotopic (exact) mass is 443 g/mol. The van der Waals surface area contributed by atoms with Crippen molar-refractivity contribution < 1.29 is 14.0 Å². The van der Waals surface area contributed by atoms with Gasteiger partial charge in [0.25, 0.3) is 5.91 Å². The highest BCUT2D eigenvalue weighted by atomic mass is 35.5. The average molecular weight is 444 g/mol. The van der Waals surface area contributed by atoms with Crippen molar-refractivity contribution >= 4 is 29.1 Å². The van der Waals surface area contributed by atoms with E-state index in [1.165, 1.54) is 24.3 Å². The van der Waals surface area contributed by atoms with Gasteiger partial charge in [-0.3, -0.25) is 14.5 Å². The van der Waals surface area contributed by atoms with Crippen LogP contribution >= 0.6 is 11.6 Å². The maximum atomic E-state index is 13.3. The highest BCUT2D eigenvalue weighted by Crippen LogP contribution is 2.32. The molecule has 164 valence electrons. The van der Waals surface area contributed by atoms with Crippen molar-refractivity contribution in [3.63, 3.8) is 0 Å². The van der Waals surface area contributed by atoms with Gasteiger partial charge >= 0.3 is 0 Å². The molecule has 2 amide bonds. The molecule has 2 aromatic rings. The van der Waals surface area contributed by atoms with Crippen molar-refractivity contribution in [3.05, 3.63) is 64.9 Å². The van der Waals surface area contributed by atoms with Crippen molar-refractivity contribution in [3.8, 4) is 0 Å². The summed E-state index contributed by atoms with van der Waals surface area (Å²) in [5, 5.41) is 3.63. The summed E-state index contributed by atoms with van der Waals surface area (Å²) >= 11 is 6.07. The normalized spacial score (nSPS) is 18.7. The minimum Gasteiger partial charge on any atom is -0.336 e. The lowest BCUT2D eigenvalue weighted by Gasteiger charge is -2.40. The van der Waals surface area contributed by atoms with Crippen LogP contribution in [-0.2, 0) is 4.79 Å². The molecule has 0 bridgehead atoms. The Hall–Kier alpha value is -2.44. The van der Waals surface area contributed by atoms with Gasteiger partial charge in [0.05, 0.1) is 6.04 Å². The fraction of sp³-hybridized carbons (Fsp3) is 0.417. The van der Waals surface area contributed by atoms with Crippen molar-refractivity contribution in [2.45, 2.75) is 31.7 Å². The van der Waals surface area contributed by atoms with Gasteiger partial charge in [-0.1, -0.05) is 30.5 Å². The van der Waals surface area contributed by atoms with Gasteiger partial charge in [-0.25, -0.2) is 4.39 Å². The Kier molecular flexibility index (Phi) is 6.88. The SMILES string of the molecule is O=C(Nc1cccc(Cl)c1)C(C1CCCC1)N1CCN(C(=O)c2ccc(F)cc2)CC1. The van der Waals surface area contributed by atoms with Gasteiger partial charge in [0, 0.05) is 42.5 Å². The number of anilines is 1. The molecule has 2 aromatic carbocycles. The number of piperazine rings is 1. The van der Waals surface area contributed by atoms with Crippen molar-refractivity contribution in [1.29, 1.82) is 0 Å². The summed E-state index contributed by atoms with van der Waals surface area (Å²) in [6, 6.07) is 12.6. The highest BCUT2D eigenvalue weighted by Gasteiger charge is 2.37. The first-order valence-electron chi connectivity index (χ1n) is 10.9. The lowest BCUT2D eigenvalue weighted by atomic mass is 9.94. The van der Waals surface area contributed by atoms with E-state index in [0.29, 0.717) is 48.4 Å². The number of benzene rings is 2. The van der Waals surface area contributed by atoms with Crippen LogP contribution in [0, 0.1) is 11.7 Å². The first-order chi connectivity index (χ1) is 15.0. The zero-order valence-corrected chi connectivity index (χ0v) is 18.2. The van der Waals surface area contributed by atoms with Crippen LogP contribution in [-0.4, -0.2) is 53.8 Å². The Bertz CT molecular complexity index is 923. The van der Waals surface area contributed by atoms with E-state index in [-0.39, 0.29) is 23.7 Å². The quantitative estimate of drug-likeness (QED) is 0.743. The zero-order valence-electron chi connectivity index (χ0n) is 17.4. The standard InChI is InChI=1S/C24H27ClFN3O2/c25-19-6-3-7-21(16-19)27-23(30)22(17-4-1-2-5-17)28-12-14-29(15-13-28)24(31)18-8-10-20(26)11-9-18/h3,6-11,16-17,22H,1-2,4-5,12-15H2,(H,27,30). The number of nitrogens with one attached hydrogen (secondary N) is 1. The molecule has 0 radical (unpaired) electrons. The first kappa shape index (κ1) is 21.8. The number of halogens is 2. The molecule has 1 atom stereocenters. The lowest BCUT2D eigenvalue weighted by Crippen LogP contribution is -2.56. The van der Waals surface area contributed by atoms with E-state index in [2.05, 4.69) is 10.2 Å². The molecule has 1 aliphatic carbocycles. The van der Waals surface area contributed by atoms with Crippen LogP contribution in [0.25, 0.3) is 0 Å². The maximum Gasteiger partial charge on any atom is 0.253 e. The Morgan fingerprint density at radius 3 is 2.32 bits per heavy atom. The van der Waals surface area contributed by atoms with E-state index in [1.807, 2.05) is 12.1 Å². The molecule has 2 aliphatic rings. The van der Waals surface area contributed by atoms with Crippen molar-refractivity contribution in [2.24, 2.45) is 5.92 Å². The minimum atomic E-state index is -0.355. The van der Waals surface area contributed by atoms with Gasteiger partial charge in [0.2, 0.25) is 5.91 Å². The van der Waals surface area contributed by atoms with Crippen LogP contribution < -0.4 is 5.32 Å². The summed E-state index contributed by atoms with van der Waals surface area (Å²) < 4.78 is 13.2. The van der Waals surface area contributed by atoms with Gasteiger partial charge in [-0.2, -0.15) is 0 Å². The molecule has 0 aromatic heterocycles. The molecule has 31 heavy (non-hydrogen) atoms. The third kappa shape index (κ3) is 5.25. The Labute approximate surface area is 187 Å². The largest absolute Gasteiger partial charge is 0.336 e. The molecule has 1 saturated heterocycles. The van der Waals surface area contributed by atoms with E-state index >= 15 is 0 Å². The van der Waals surface area contributed by atoms with Gasteiger partial charge in [-0.15, -0.1) is 0 Å². The van der Waals surface area contributed by atoms with E-state index < -0.39 is 0 Å². The number of amides is 2. The maximum absolute atomic E-state index is 13.3. The summed E-state index contributed by atoms with van der Waals surface area (Å²) in [6.07, 6.45) is 4.38. The summed E-state index contributed by atoms with van der Waals surface area (Å²) in [5.74, 6) is -0.141. The molecule has 4 rings (SSSR count). The minimum absolute atomic E-state index is 0.00697. The number of rotatable bonds is 5. The average Bonchev–Trinajstić information content (AvgIpc) is 3.29. The van der Waals surface area contributed by atoms with Crippen LogP contribution in [0.4, 0.5) is 10.1 Å². The van der Waals surface area contributed by atoms with Crippen LogP contribution in [0.3, 0.4) is 0 Å². The number of hydrogen-bond donors (Lipinski definition) is 1. The van der Waals surface area contributed by atoms with Crippen molar-refractivity contribution in [2.75, 3.05) is 31.5 Å². The Morgan fingerprint density at radius 1 is 1.00 bits per heavy atom. The fourth-order valence-corrected chi connectivity index (χ4v) is 4.90.